The molecule has 1 aromatic rings. The Balaban J connectivity index is 2.51. The summed E-state index contributed by atoms with van der Waals surface area (Å²) in [7, 11) is 0. The van der Waals surface area contributed by atoms with Crippen molar-refractivity contribution in [2.24, 2.45) is 5.41 Å². The minimum Gasteiger partial charge on any atom is -0.393 e. The lowest BCUT2D eigenvalue weighted by molar-refractivity contribution is 0.129. The highest BCUT2D eigenvalue weighted by Crippen LogP contribution is 2.28. The van der Waals surface area contributed by atoms with Gasteiger partial charge in [0, 0.05) is 18.0 Å². The third-order valence-electron chi connectivity index (χ3n) is 1.96. The maximum atomic E-state index is 9.30. The van der Waals surface area contributed by atoms with Gasteiger partial charge in [-0.25, -0.2) is 4.98 Å². The van der Waals surface area contributed by atoms with E-state index in [-0.39, 0.29) is 11.5 Å². The molecule has 0 aliphatic rings. The van der Waals surface area contributed by atoms with Gasteiger partial charge >= 0.3 is 0 Å². The molecule has 0 spiro atoms. The number of aromatic nitrogens is 1. The predicted octanol–water partition coefficient (Wildman–Crippen LogP) is 2.48. The molecule has 0 aliphatic carbocycles. The van der Waals surface area contributed by atoms with Gasteiger partial charge in [0.15, 0.2) is 0 Å². The highest BCUT2D eigenvalue weighted by atomic mass is 32.1. The molecule has 0 fully saturated rings. The first-order valence-electron chi connectivity index (χ1n) is 4.56. The van der Waals surface area contributed by atoms with Crippen molar-refractivity contribution in [1.82, 2.24) is 4.98 Å². The van der Waals surface area contributed by atoms with E-state index in [1.165, 1.54) is 0 Å². The van der Waals surface area contributed by atoms with E-state index in [4.69, 9.17) is 0 Å². The van der Waals surface area contributed by atoms with Crippen LogP contribution in [0.5, 0.6) is 0 Å². The summed E-state index contributed by atoms with van der Waals surface area (Å²) in [6, 6.07) is 0. The molecule has 1 atom stereocenters. The fraction of sp³-hybridized carbons (Fsp3) is 0.700. The highest BCUT2D eigenvalue weighted by molar-refractivity contribution is 7.09. The summed E-state index contributed by atoms with van der Waals surface area (Å²) in [5.41, 5.74) is 0.145. The standard InChI is InChI=1S/C10H17NOS/c1-8(12)6-10(2,3)7-9-11-4-5-13-9/h4-5,8,12H,6-7H2,1-3H3. The Kier molecular flexibility index (Phi) is 3.45. The Hall–Kier alpha value is -0.410. The second-order valence-corrected chi connectivity index (χ2v) is 5.30. The maximum Gasteiger partial charge on any atom is 0.0930 e. The van der Waals surface area contributed by atoms with E-state index < -0.39 is 0 Å². The monoisotopic (exact) mass is 199 g/mol. The summed E-state index contributed by atoms with van der Waals surface area (Å²) < 4.78 is 0. The van der Waals surface area contributed by atoms with E-state index in [9.17, 15) is 5.11 Å². The van der Waals surface area contributed by atoms with Gasteiger partial charge in [-0.2, -0.15) is 0 Å². The molecule has 1 N–H and O–H groups in total. The van der Waals surface area contributed by atoms with Gasteiger partial charge in [-0.1, -0.05) is 13.8 Å². The molecular weight excluding hydrogens is 182 g/mol. The number of nitrogens with zero attached hydrogens (tertiary/aromatic N) is 1. The van der Waals surface area contributed by atoms with E-state index in [1.807, 2.05) is 18.5 Å². The maximum absolute atomic E-state index is 9.30. The first-order chi connectivity index (χ1) is 5.99. The molecule has 0 aromatic carbocycles. The third kappa shape index (κ3) is 3.87. The van der Waals surface area contributed by atoms with Gasteiger partial charge in [0.05, 0.1) is 11.1 Å². The topological polar surface area (TPSA) is 33.1 Å². The molecule has 1 unspecified atom stereocenters. The summed E-state index contributed by atoms with van der Waals surface area (Å²) in [5, 5.41) is 12.5. The molecule has 0 saturated heterocycles. The average Bonchev–Trinajstić information content (AvgIpc) is 2.34. The fourth-order valence-corrected chi connectivity index (χ4v) is 2.50. The molecule has 0 radical (unpaired) electrons. The van der Waals surface area contributed by atoms with Crippen LogP contribution in [0, 0.1) is 5.41 Å². The normalized spacial score (nSPS) is 14.5. The lowest BCUT2D eigenvalue weighted by Crippen LogP contribution is -2.20. The zero-order chi connectivity index (χ0) is 9.90. The minimum absolute atomic E-state index is 0.145. The Morgan fingerprint density at radius 3 is 2.77 bits per heavy atom. The lowest BCUT2D eigenvalue weighted by Gasteiger charge is -2.24. The predicted molar refractivity (Wildman–Crippen MR) is 55.9 cm³/mol. The molecule has 1 rings (SSSR count). The SMILES string of the molecule is CC(O)CC(C)(C)Cc1nccs1. The molecule has 3 heteroatoms. The van der Waals surface area contributed by atoms with Crippen LogP contribution in [-0.2, 0) is 6.42 Å². The van der Waals surface area contributed by atoms with Crippen LogP contribution in [0.2, 0.25) is 0 Å². The van der Waals surface area contributed by atoms with Crippen LogP contribution in [0.25, 0.3) is 0 Å². The molecule has 13 heavy (non-hydrogen) atoms. The summed E-state index contributed by atoms with van der Waals surface area (Å²) >= 11 is 1.68. The molecule has 1 heterocycles. The lowest BCUT2D eigenvalue weighted by atomic mass is 9.84. The van der Waals surface area contributed by atoms with Crippen molar-refractivity contribution < 1.29 is 5.11 Å². The van der Waals surface area contributed by atoms with Crippen LogP contribution >= 0.6 is 11.3 Å². The van der Waals surface area contributed by atoms with Crippen LogP contribution in [0.15, 0.2) is 11.6 Å². The van der Waals surface area contributed by atoms with Crippen LogP contribution in [-0.4, -0.2) is 16.2 Å². The van der Waals surface area contributed by atoms with Crippen molar-refractivity contribution >= 4 is 11.3 Å². The molecular formula is C10H17NOS. The van der Waals surface area contributed by atoms with E-state index in [1.54, 1.807) is 11.3 Å². The van der Waals surface area contributed by atoms with Crippen molar-refractivity contribution in [2.75, 3.05) is 0 Å². The van der Waals surface area contributed by atoms with Crippen LogP contribution < -0.4 is 0 Å². The van der Waals surface area contributed by atoms with E-state index >= 15 is 0 Å². The smallest absolute Gasteiger partial charge is 0.0930 e. The molecule has 1 aromatic heterocycles. The second kappa shape index (κ2) is 4.20. The fourth-order valence-electron chi connectivity index (χ4n) is 1.62. The van der Waals surface area contributed by atoms with Gasteiger partial charge in [-0.05, 0) is 18.8 Å². The first-order valence-corrected chi connectivity index (χ1v) is 5.44. The highest BCUT2D eigenvalue weighted by Gasteiger charge is 2.21. The average molecular weight is 199 g/mol. The van der Waals surface area contributed by atoms with Crippen LogP contribution in [0.4, 0.5) is 0 Å². The van der Waals surface area contributed by atoms with Crippen molar-refractivity contribution in [1.29, 1.82) is 0 Å². The number of rotatable bonds is 4. The number of aliphatic hydroxyl groups excluding tert-OH is 1. The van der Waals surface area contributed by atoms with Gasteiger partial charge in [0.1, 0.15) is 0 Å². The largest absolute Gasteiger partial charge is 0.393 e. The molecule has 0 amide bonds. The Morgan fingerprint density at radius 2 is 2.31 bits per heavy atom. The van der Waals surface area contributed by atoms with Crippen molar-refractivity contribution in [2.45, 2.75) is 39.7 Å². The van der Waals surface area contributed by atoms with E-state index in [0.717, 1.165) is 17.8 Å². The van der Waals surface area contributed by atoms with Gasteiger partial charge in [0.2, 0.25) is 0 Å². The molecule has 0 saturated carbocycles. The van der Waals surface area contributed by atoms with Gasteiger partial charge in [-0.3, -0.25) is 0 Å². The van der Waals surface area contributed by atoms with Gasteiger partial charge in [0.25, 0.3) is 0 Å². The summed E-state index contributed by atoms with van der Waals surface area (Å²) in [5.74, 6) is 0. The molecule has 0 bridgehead atoms. The van der Waals surface area contributed by atoms with E-state index in [2.05, 4.69) is 18.8 Å². The van der Waals surface area contributed by atoms with Crippen molar-refractivity contribution in [3.05, 3.63) is 16.6 Å². The van der Waals surface area contributed by atoms with Crippen molar-refractivity contribution in [3.63, 3.8) is 0 Å². The van der Waals surface area contributed by atoms with Gasteiger partial charge in [-0.15, -0.1) is 11.3 Å². The summed E-state index contributed by atoms with van der Waals surface area (Å²) in [6.07, 6.45) is 3.38. The zero-order valence-electron chi connectivity index (χ0n) is 8.45. The Morgan fingerprint density at radius 1 is 1.62 bits per heavy atom. The van der Waals surface area contributed by atoms with Crippen molar-refractivity contribution in [3.8, 4) is 0 Å². The third-order valence-corrected chi connectivity index (χ3v) is 2.74. The quantitative estimate of drug-likeness (QED) is 0.808. The number of aliphatic hydroxyl groups is 1. The number of hydrogen-bond acceptors (Lipinski definition) is 3. The van der Waals surface area contributed by atoms with Gasteiger partial charge < -0.3 is 5.11 Å². The molecule has 0 aliphatic heterocycles. The minimum atomic E-state index is -0.227. The Labute approximate surface area is 83.6 Å². The summed E-state index contributed by atoms with van der Waals surface area (Å²) in [4.78, 5) is 4.25. The summed E-state index contributed by atoms with van der Waals surface area (Å²) in [6.45, 7) is 6.17. The second-order valence-electron chi connectivity index (χ2n) is 4.32. The van der Waals surface area contributed by atoms with Crippen LogP contribution in [0.1, 0.15) is 32.2 Å². The Bertz CT molecular complexity index is 241. The number of hydrogen-bond donors (Lipinski definition) is 1. The molecule has 74 valence electrons. The van der Waals surface area contributed by atoms with E-state index in [0.29, 0.717) is 0 Å². The zero-order valence-corrected chi connectivity index (χ0v) is 9.27. The van der Waals surface area contributed by atoms with Crippen LogP contribution in [0.3, 0.4) is 0 Å². The molecule has 2 nitrogen and oxygen atoms in total. The first kappa shape index (κ1) is 10.7. The number of thiazole rings is 1.